The minimum Gasteiger partial charge on any atom is -0.506 e. The maximum Gasteiger partial charge on any atom is 0.255 e. The van der Waals surface area contributed by atoms with Gasteiger partial charge < -0.3 is 10.4 Å². The first kappa shape index (κ1) is 14.7. The van der Waals surface area contributed by atoms with Gasteiger partial charge in [-0.2, -0.15) is 0 Å². The van der Waals surface area contributed by atoms with Gasteiger partial charge in [0.2, 0.25) is 0 Å². The van der Waals surface area contributed by atoms with E-state index in [4.69, 9.17) is 11.6 Å². The second kappa shape index (κ2) is 6.14. The molecule has 2 aromatic rings. The third-order valence-electron chi connectivity index (χ3n) is 3.20. The number of carbonyl (C=O) groups excluding carboxylic acids is 1. The minimum atomic E-state index is -0.280. The summed E-state index contributed by atoms with van der Waals surface area (Å²) in [5.41, 5.74) is 0.290. The van der Waals surface area contributed by atoms with Crippen LogP contribution in [0.4, 0.5) is 0 Å². The maximum atomic E-state index is 12.2. The molecule has 0 saturated carbocycles. The van der Waals surface area contributed by atoms with Crippen molar-refractivity contribution in [3.63, 3.8) is 0 Å². The van der Waals surface area contributed by atoms with Crippen LogP contribution in [0, 0.1) is 0 Å². The number of benzene rings is 2. The van der Waals surface area contributed by atoms with E-state index in [2.05, 4.69) is 5.32 Å². The average molecular weight is 292 g/mol. The van der Waals surface area contributed by atoms with Crippen molar-refractivity contribution in [1.82, 2.24) is 5.32 Å². The normalized spacial score (nSPS) is 13.9. The summed E-state index contributed by atoms with van der Waals surface area (Å²) in [6.45, 7) is 3.78. The van der Waals surface area contributed by atoms with Gasteiger partial charge in [-0.3, -0.25) is 4.79 Å². The molecule has 0 aromatic heterocycles. The molecule has 2 rings (SSSR count). The molecule has 106 valence electrons. The van der Waals surface area contributed by atoms with Gasteiger partial charge in [-0.15, -0.1) is 11.6 Å². The predicted molar refractivity (Wildman–Crippen MR) is 82.5 cm³/mol. The first-order valence-corrected chi connectivity index (χ1v) is 7.08. The largest absolute Gasteiger partial charge is 0.506 e. The fraction of sp³-hybridized carbons (Fsp3) is 0.312. The lowest BCUT2D eigenvalue weighted by molar-refractivity contribution is 0.0936. The van der Waals surface area contributed by atoms with Gasteiger partial charge in [0.15, 0.2) is 0 Å². The Hall–Kier alpha value is -1.74. The number of amides is 1. The summed E-state index contributed by atoms with van der Waals surface area (Å²) >= 11 is 5.91. The second-order valence-corrected chi connectivity index (χ2v) is 5.82. The number of carbonyl (C=O) groups is 1. The fourth-order valence-electron chi connectivity index (χ4n) is 2.29. The molecular formula is C16H18ClNO2. The molecule has 0 aliphatic carbocycles. The van der Waals surface area contributed by atoms with Crippen LogP contribution in [0.3, 0.4) is 0 Å². The van der Waals surface area contributed by atoms with E-state index < -0.39 is 0 Å². The monoisotopic (exact) mass is 291 g/mol. The van der Waals surface area contributed by atoms with Crippen LogP contribution in [-0.2, 0) is 0 Å². The quantitative estimate of drug-likeness (QED) is 0.844. The van der Waals surface area contributed by atoms with Crippen molar-refractivity contribution in [3.8, 4) is 5.75 Å². The number of hydrogen-bond acceptors (Lipinski definition) is 2. The molecule has 0 bridgehead atoms. The van der Waals surface area contributed by atoms with E-state index in [0.717, 1.165) is 5.39 Å². The van der Waals surface area contributed by atoms with E-state index in [1.54, 1.807) is 12.1 Å². The number of nitrogens with one attached hydrogen (secondary N) is 1. The van der Waals surface area contributed by atoms with Crippen LogP contribution in [0.2, 0.25) is 0 Å². The molecule has 0 aliphatic rings. The first-order valence-electron chi connectivity index (χ1n) is 6.64. The van der Waals surface area contributed by atoms with Crippen LogP contribution in [-0.4, -0.2) is 22.4 Å². The molecule has 0 saturated heterocycles. The number of phenols is 1. The van der Waals surface area contributed by atoms with Gasteiger partial charge in [0.25, 0.3) is 5.91 Å². The standard InChI is InChI=1S/C16H18ClNO2/c1-10(17)9-11(2)18-16(20)14-8-7-12-5-3-4-6-13(12)15(14)19/h3-8,10-11,19H,9H2,1-2H3,(H,18,20). The summed E-state index contributed by atoms with van der Waals surface area (Å²) in [4.78, 5) is 12.2. The van der Waals surface area contributed by atoms with Crippen LogP contribution in [0.15, 0.2) is 36.4 Å². The smallest absolute Gasteiger partial charge is 0.255 e. The van der Waals surface area contributed by atoms with Crippen molar-refractivity contribution < 1.29 is 9.90 Å². The third kappa shape index (κ3) is 3.23. The van der Waals surface area contributed by atoms with Crippen molar-refractivity contribution in [2.75, 3.05) is 0 Å². The molecule has 3 nitrogen and oxygen atoms in total. The molecule has 2 unspecified atom stereocenters. The van der Waals surface area contributed by atoms with Gasteiger partial charge in [-0.05, 0) is 31.7 Å². The number of phenolic OH excluding ortho intramolecular Hbond substituents is 1. The summed E-state index contributed by atoms with van der Waals surface area (Å²) in [5.74, 6) is -0.259. The maximum absolute atomic E-state index is 12.2. The molecule has 0 fully saturated rings. The lowest BCUT2D eigenvalue weighted by Crippen LogP contribution is -2.33. The highest BCUT2D eigenvalue weighted by atomic mass is 35.5. The molecule has 2 N–H and O–H groups in total. The number of fused-ring (bicyclic) bond motifs is 1. The van der Waals surface area contributed by atoms with Crippen LogP contribution >= 0.6 is 11.6 Å². The number of aromatic hydroxyl groups is 1. The molecular weight excluding hydrogens is 274 g/mol. The zero-order chi connectivity index (χ0) is 14.7. The number of hydrogen-bond donors (Lipinski definition) is 2. The Morgan fingerprint density at radius 1 is 1.25 bits per heavy atom. The SMILES string of the molecule is CC(Cl)CC(C)NC(=O)c1ccc2ccccc2c1O. The highest BCUT2D eigenvalue weighted by Gasteiger charge is 2.16. The van der Waals surface area contributed by atoms with Gasteiger partial charge in [-0.1, -0.05) is 30.3 Å². The summed E-state index contributed by atoms with van der Waals surface area (Å²) < 4.78 is 0. The summed E-state index contributed by atoms with van der Waals surface area (Å²) in [5, 5.41) is 14.7. The third-order valence-corrected chi connectivity index (χ3v) is 3.38. The lowest BCUT2D eigenvalue weighted by atomic mass is 10.0. The molecule has 0 radical (unpaired) electrons. The van der Waals surface area contributed by atoms with Crippen LogP contribution < -0.4 is 5.32 Å². The van der Waals surface area contributed by atoms with Gasteiger partial charge in [-0.25, -0.2) is 0 Å². The number of halogens is 1. The topological polar surface area (TPSA) is 49.3 Å². The highest BCUT2D eigenvalue weighted by Crippen LogP contribution is 2.28. The Kier molecular flexibility index (Phi) is 4.50. The van der Waals surface area contributed by atoms with Crippen molar-refractivity contribution in [2.24, 2.45) is 0 Å². The Labute approximate surface area is 123 Å². The van der Waals surface area contributed by atoms with Crippen molar-refractivity contribution in [3.05, 3.63) is 42.0 Å². The molecule has 2 atom stereocenters. The van der Waals surface area contributed by atoms with Gasteiger partial charge >= 0.3 is 0 Å². The molecule has 0 aliphatic heterocycles. The summed E-state index contributed by atoms with van der Waals surface area (Å²) in [7, 11) is 0. The van der Waals surface area contributed by atoms with E-state index in [1.165, 1.54) is 0 Å². The number of rotatable bonds is 4. The van der Waals surface area contributed by atoms with Crippen LogP contribution in [0.5, 0.6) is 5.75 Å². The lowest BCUT2D eigenvalue weighted by Gasteiger charge is -2.16. The van der Waals surface area contributed by atoms with Crippen molar-refractivity contribution in [1.29, 1.82) is 0 Å². The highest BCUT2D eigenvalue weighted by molar-refractivity contribution is 6.20. The fourth-order valence-corrected chi connectivity index (χ4v) is 2.55. The van der Waals surface area contributed by atoms with Gasteiger partial charge in [0.05, 0.1) is 5.56 Å². The molecule has 20 heavy (non-hydrogen) atoms. The second-order valence-electron chi connectivity index (χ2n) is 5.07. The van der Waals surface area contributed by atoms with E-state index in [1.807, 2.05) is 38.1 Å². The summed E-state index contributed by atoms with van der Waals surface area (Å²) in [6, 6.07) is 10.9. The van der Waals surface area contributed by atoms with Gasteiger partial charge in [0, 0.05) is 16.8 Å². The van der Waals surface area contributed by atoms with Crippen molar-refractivity contribution in [2.45, 2.75) is 31.7 Å². The van der Waals surface area contributed by atoms with E-state index in [9.17, 15) is 9.90 Å². The Morgan fingerprint density at radius 3 is 2.65 bits per heavy atom. The molecule has 2 aromatic carbocycles. The molecule has 1 amide bonds. The minimum absolute atomic E-state index is 0.00417. The first-order chi connectivity index (χ1) is 9.49. The zero-order valence-corrected chi connectivity index (χ0v) is 12.3. The average Bonchev–Trinajstić information content (AvgIpc) is 2.38. The Balaban J connectivity index is 2.24. The number of alkyl halides is 1. The molecule has 0 heterocycles. The molecule has 4 heteroatoms. The zero-order valence-electron chi connectivity index (χ0n) is 11.6. The summed E-state index contributed by atoms with van der Waals surface area (Å²) in [6.07, 6.45) is 0.682. The van der Waals surface area contributed by atoms with E-state index in [0.29, 0.717) is 11.8 Å². The Morgan fingerprint density at radius 2 is 1.95 bits per heavy atom. The van der Waals surface area contributed by atoms with Gasteiger partial charge in [0.1, 0.15) is 5.75 Å². The molecule has 0 spiro atoms. The Bertz CT molecular complexity index is 625. The van der Waals surface area contributed by atoms with E-state index in [-0.39, 0.29) is 28.6 Å². The van der Waals surface area contributed by atoms with Crippen molar-refractivity contribution >= 4 is 28.3 Å². The van der Waals surface area contributed by atoms with E-state index >= 15 is 0 Å². The van der Waals surface area contributed by atoms with Crippen LogP contribution in [0.1, 0.15) is 30.6 Å². The predicted octanol–water partition coefficient (Wildman–Crippen LogP) is 3.68. The van der Waals surface area contributed by atoms with Crippen LogP contribution in [0.25, 0.3) is 10.8 Å².